The molecule has 0 amide bonds. The molecule has 1 N–H and O–H groups in total. The molecule has 0 atom stereocenters. The summed E-state index contributed by atoms with van der Waals surface area (Å²) in [7, 11) is 0. The molecule has 3 aromatic rings. The van der Waals surface area contributed by atoms with Crippen molar-refractivity contribution in [3.05, 3.63) is 66.2 Å². The first-order valence-corrected chi connectivity index (χ1v) is 6.96. The third-order valence-corrected chi connectivity index (χ3v) is 3.52. The summed E-state index contributed by atoms with van der Waals surface area (Å²) in [5.74, 6) is -1.46. The minimum atomic E-state index is -4.77. The summed E-state index contributed by atoms with van der Waals surface area (Å²) in [5.41, 5.74) is 1.01. The van der Waals surface area contributed by atoms with E-state index >= 15 is 0 Å². The zero-order chi connectivity index (χ0) is 17.3. The molecule has 0 radical (unpaired) electrons. The maximum atomic E-state index is 12.2. The Kier molecular flexibility index (Phi) is 3.89. The van der Waals surface area contributed by atoms with Crippen LogP contribution in [0.2, 0.25) is 0 Å². The number of hydrogen-bond donors (Lipinski definition) is 1. The zero-order valence-electron chi connectivity index (χ0n) is 12.2. The quantitative estimate of drug-likeness (QED) is 0.725. The highest BCUT2D eigenvalue weighted by Gasteiger charge is 2.31. The molecule has 0 aliphatic heterocycles. The van der Waals surface area contributed by atoms with E-state index in [1.807, 2.05) is 12.1 Å². The first-order valence-electron chi connectivity index (χ1n) is 6.96. The second-order valence-electron chi connectivity index (χ2n) is 5.12. The Morgan fingerprint density at radius 1 is 0.917 bits per heavy atom. The van der Waals surface area contributed by atoms with Crippen LogP contribution in [0.25, 0.3) is 21.9 Å². The number of carboxylic acid groups (broad SMARTS) is 1. The van der Waals surface area contributed by atoms with Crippen molar-refractivity contribution in [2.24, 2.45) is 0 Å². The SMILES string of the molecule is O=C(O)c1cc2ccccc2cc1-c1ccc(OC(F)(F)F)cc1. The molecule has 0 spiro atoms. The summed E-state index contributed by atoms with van der Waals surface area (Å²) >= 11 is 0. The molecule has 0 fully saturated rings. The summed E-state index contributed by atoms with van der Waals surface area (Å²) in [6.07, 6.45) is -4.77. The first-order chi connectivity index (χ1) is 11.3. The van der Waals surface area contributed by atoms with Crippen molar-refractivity contribution < 1.29 is 27.8 Å². The molecule has 0 saturated carbocycles. The number of carboxylic acids is 1. The molecule has 3 aromatic carbocycles. The third kappa shape index (κ3) is 3.32. The minimum Gasteiger partial charge on any atom is -0.478 e. The lowest BCUT2D eigenvalue weighted by molar-refractivity contribution is -0.274. The summed E-state index contributed by atoms with van der Waals surface area (Å²) in [6, 6.07) is 15.6. The highest BCUT2D eigenvalue weighted by molar-refractivity contribution is 6.02. The van der Waals surface area contributed by atoms with E-state index < -0.39 is 12.3 Å². The number of benzene rings is 3. The third-order valence-electron chi connectivity index (χ3n) is 3.52. The predicted molar refractivity (Wildman–Crippen MR) is 83.0 cm³/mol. The fourth-order valence-corrected chi connectivity index (χ4v) is 2.49. The Morgan fingerprint density at radius 2 is 1.50 bits per heavy atom. The van der Waals surface area contributed by atoms with Crippen LogP contribution in [-0.2, 0) is 0 Å². The number of carbonyl (C=O) groups is 1. The van der Waals surface area contributed by atoms with Gasteiger partial charge in [-0.05, 0) is 46.2 Å². The number of fused-ring (bicyclic) bond motifs is 1. The first kappa shape index (κ1) is 15.9. The molecule has 0 aliphatic rings. The van der Waals surface area contributed by atoms with Gasteiger partial charge in [0.2, 0.25) is 0 Å². The molecule has 3 rings (SSSR count). The molecule has 0 bridgehead atoms. The lowest BCUT2D eigenvalue weighted by Gasteiger charge is -2.11. The molecular formula is C18H11F3O3. The fourth-order valence-electron chi connectivity index (χ4n) is 2.49. The van der Waals surface area contributed by atoms with Crippen molar-refractivity contribution in [3.8, 4) is 16.9 Å². The van der Waals surface area contributed by atoms with Crippen molar-refractivity contribution in [1.29, 1.82) is 0 Å². The van der Waals surface area contributed by atoms with E-state index in [1.54, 1.807) is 24.3 Å². The van der Waals surface area contributed by atoms with E-state index in [2.05, 4.69) is 4.74 Å². The van der Waals surface area contributed by atoms with E-state index in [0.29, 0.717) is 11.1 Å². The normalized spacial score (nSPS) is 11.5. The van der Waals surface area contributed by atoms with Crippen LogP contribution in [0.4, 0.5) is 13.2 Å². The highest BCUT2D eigenvalue weighted by atomic mass is 19.4. The smallest absolute Gasteiger partial charge is 0.478 e. The van der Waals surface area contributed by atoms with Gasteiger partial charge in [-0.15, -0.1) is 13.2 Å². The van der Waals surface area contributed by atoms with Crippen LogP contribution in [0, 0.1) is 0 Å². The van der Waals surface area contributed by atoms with Gasteiger partial charge < -0.3 is 9.84 Å². The minimum absolute atomic E-state index is 0.0817. The molecule has 0 heterocycles. The van der Waals surface area contributed by atoms with Gasteiger partial charge in [-0.1, -0.05) is 36.4 Å². The lowest BCUT2D eigenvalue weighted by Crippen LogP contribution is -2.16. The van der Waals surface area contributed by atoms with E-state index in [1.165, 1.54) is 12.1 Å². The Labute approximate surface area is 134 Å². The van der Waals surface area contributed by atoms with Crippen LogP contribution in [0.1, 0.15) is 10.4 Å². The van der Waals surface area contributed by atoms with E-state index in [4.69, 9.17) is 0 Å². The number of aromatic carboxylic acids is 1. The van der Waals surface area contributed by atoms with Gasteiger partial charge in [0.05, 0.1) is 5.56 Å². The molecular weight excluding hydrogens is 321 g/mol. The Balaban J connectivity index is 2.07. The number of rotatable bonds is 3. The van der Waals surface area contributed by atoms with Crippen molar-refractivity contribution in [1.82, 2.24) is 0 Å². The standard InChI is InChI=1S/C18H11F3O3/c19-18(20,21)24-14-7-5-11(6-8-14)15-9-12-3-1-2-4-13(12)10-16(15)17(22)23/h1-10H,(H,22,23). The van der Waals surface area contributed by atoms with E-state index in [9.17, 15) is 23.1 Å². The number of alkyl halides is 3. The van der Waals surface area contributed by atoms with E-state index in [0.717, 1.165) is 22.9 Å². The molecule has 0 saturated heterocycles. The molecule has 24 heavy (non-hydrogen) atoms. The van der Waals surface area contributed by atoms with E-state index in [-0.39, 0.29) is 11.3 Å². The molecule has 122 valence electrons. The van der Waals surface area contributed by atoms with Crippen molar-refractivity contribution in [2.75, 3.05) is 0 Å². The van der Waals surface area contributed by atoms with Crippen molar-refractivity contribution in [3.63, 3.8) is 0 Å². The van der Waals surface area contributed by atoms with Gasteiger partial charge in [0, 0.05) is 0 Å². The maximum Gasteiger partial charge on any atom is 0.573 e. The van der Waals surface area contributed by atoms with Gasteiger partial charge in [-0.3, -0.25) is 0 Å². The zero-order valence-corrected chi connectivity index (χ0v) is 12.2. The number of halogens is 3. The molecule has 0 aromatic heterocycles. The van der Waals surface area contributed by atoms with Crippen LogP contribution in [0.15, 0.2) is 60.7 Å². The summed E-state index contributed by atoms with van der Waals surface area (Å²) < 4.78 is 40.5. The lowest BCUT2D eigenvalue weighted by atomic mass is 9.95. The van der Waals surface area contributed by atoms with Crippen LogP contribution < -0.4 is 4.74 Å². The summed E-state index contributed by atoms with van der Waals surface area (Å²) in [4.78, 5) is 11.5. The maximum absolute atomic E-state index is 12.2. The van der Waals surface area contributed by atoms with Gasteiger partial charge in [0.15, 0.2) is 0 Å². The molecule has 3 nitrogen and oxygen atoms in total. The monoisotopic (exact) mass is 332 g/mol. The Hall–Kier alpha value is -3.02. The predicted octanol–water partition coefficient (Wildman–Crippen LogP) is 5.10. The van der Waals surface area contributed by atoms with Crippen LogP contribution in [0.5, 0.6) is 5.75 Å². The van der Waals surface area contributed by atoms with Gasteiger partial charge in [-0.25, -0.2) is 4.79 Å². The summed E-state index contributed by atoms with van der Waals surface area (Å²) in [5, 5.41) is 11.0. The average molecular weight is 332 g/mol. The molecule has 0 aliphatic carbocycles. The van der Waals surface area contributed by atoms with Crippen LogP contribution in [0.3, 0.4) is 0 Å². The van der Waals surface area contributed by atoms with Gasteiger partial charge in [0.1, 0.15) is 5.75 Å². The van der Waals surface area contributed by atoms with Gasteiger partial charge in [-0.2, -0.15) is 0 Å². The Bertz CT molecular complexity index is 900. The van der Waals surface area contributed by atoms with Crippen molar-refractivity contribution >= 4 is 16.7 Å². The van der Waals surface area contributed by atoms with Gasteiger partial charge in [0.25, 0.3) is 0 Å². The molecule has 0 unspecified atom stereocenters. The van der Waals surface area contributed by atoms with Crippen LogP contribution >= 0.6 is 0 Å². The van der Waals surface area contributed by atoms with Crippen LogP contribution in [-0.4, -0.2) is 17.4 Å². The molecule has 6 heteroatoms. The van der Waals surface area contributed by atoms with Crippen molar-refractivity contribution in [2.45, 2.75) is 6.36 Å². The average Bonchev–Trinajstić information content (AvgIpc) is 2.53. The largest absolute Gasteiger partial charge is 0.573 e. The fraction of sp³-hybridized carbons (Fsp3) is 0.0556. The number of hydrogen-bond acceptors (Lipinski definition) is 2. The topological polar surface area (TPSA) is 46.5 Å². The second-order valence-corrected chi connectivity index (χ2v) is 5.12. The highest BCUT2D eigenvalue weighted by Crippen LogP contribution is 2.31. The van der Waals surface area contributed by atoms with Gasteiger partial charge >= 0.3 is 12.3 Å². The second kappa shape index (κ2) is 5.88. The summed E-state index contributed by atoms with van der Waals surface area (Å²) in [6.45, 7) is 0. The number of ether oxygens (including phenoxy) is 1. The Morgan fingerprint density at radius 3 is 2.04 bits per heavy atom.